The van der Waals surface area contributed by atoms with Gasteiger partial charge in [0.2, 0.25) is 0 Å². The van der Waals surface area contributed by atoms with Gasteiger partial charge < -0.3 is 10.1 Å². The molecule has 54 valence electrons. The van der Waals surface area contributed by atoms with E-state index in [4.69, 9.17) is 11.6 Å². The van der Waals surface area contributed by atoms with Gasteiger partial charge in [-0.15, -0.1) is 11.6 Å². The van der Waals surface area contributed by atoms with Gasteiger partial charge in [0, 0.05) is 7.05 Å². The monoisotopic (exact) mass is 151 g/mol. The van der Waals surface area contributed by atoms with Crippen LogP contribution >= 0.6 is 11.6 Å². The van der Waals surface area contributed by atoms with E-state index in [1.807, 2.05) is 0 Å². The highest BCUT2D eigenvalue weighted by Crippen LogP contribution is 1.92. The zero-order valence-electron chi connectivity index (χ0n) is 5.48. The Morgan fingerprint density at radius 1 is 1.89 bits per heavy atom. The van der Waals surface area contributed by atoms with Crippen LogP contribution < -0.4 is 5.32 Å². The molecule has 0 rings (SSSR count). The molecule has 0 radical (unpaired) electrons. The molecule has 0 aliphatic rings. The minimum Gasteiger partial charge on any atom is -0.445 e. The van der Waals surface area contributed by atoms with Crippen molar-refractivity contribution in [1.82, 2.24) is 5.32 Å². The SMILES string of the molecule is CNC(=O)OC(C)CCl. The van der Waals surface area contributed by atoms with Crippen LogP contribution in [0.2, 0.25) is 0 Å². The lowest BCUT2D eigenvalue weighted by atomic mass is 10.5. The van der Waals surface area contributed by atoms with Crippen molar-refractivity contribution < 1.29 is 9.53 Å². The lowest BCUT2D eigenvalue weighted by molar-refractivity contribution is 0.119. The van der Waals surface area contributed by atoms with Gasteiger partial charge in [-0.25, -0.2) is 4.79 Å². The van der Waals surface area contributed by atoms with Crippen molar-refractivity contribution >= 4 is 17.7 Å². The van der Waals surface area contributed by atoms with Gasteiger partial charge in [0.05, 0.1) is 5.88 Å². The van der Waals surface area contributed by atoms with E-state index in [2.05, 4.69) is 10.1 Å². The molecule has 0 heterocycles. The number of rotatable bonds is 2. The molecule has 0 aliphatic carbocycles. The number of ether oxygens (including phenoxy) is 1. The van der Waals surface area contributed by atoms with E-state index in [0.717, 1.165) is 0 Å². The van der Waals surface area contributed by atoms with Crippen molar-refractivity contribution in [3.05, 3.63) is 0 Å². The van der Waals surface area contributed by atoms with Crippen molar-refractivity contribution in [2.45, 2.75) is 13.0 Å². The lowest BCUT2D eigenvalue weighted by Crippen LogP contribution is -2.24. The number of nitrogens with one attached hydrogen (secondary N) is 1. The van der Waals surface area contributed by atoms with Gasteiger partial charge in [-0.1, -0.05) is 0 Å². The van der Waals surface area contributed by atoms with Crippen LogP contribution in [0, 0.1) is 0 Å². The van der Waals surface area contributed by atoms with E-state index in [1.165, 1.54) is 7.05 Å². The van der Waals surface area contributed by atoms with Crippen LogP contribution in [0.25, 0.3) is 0 Å². The van der Waals surface area contributed by atoms with Crippen LogP contribution in [0.1, 0.15) is 6.92 Å². The molecule has 0 aromatic carbocycles. The van der Waals surface area contributed by atoms with Crippen LogP contribution in [-0.2, 0) is 4.74 Å². The zero-order valence-corrected chi connectivity index (χ0v) is 6.23. The van der Waals surface area contributed by atoms with E-state index in [1.54, 1.807) is 6.92 Å². The van der Waals surface area contributed by atoms with Gasteiger partial charge >= 0.3 is 6.09 Å². The number of carbonyl (C=O) groups is 1. The van der Waals surface area contributed by atoms with Crippen LogP contribution in [0.3, 0.4) is 0 Å². The Balaban J connectivity index is 3.34. The Morgan fingerprint density at radius 2 is 2.44 bits per heavy atom. The predicted octanol–water partition coefficient (Wildman–Crippen LogP) is 0.970. The molecule has 0 saturated heterocycles. The van der Waals surface area contributed by atoms with Crippen molar-refractivity contribution in [3.8, 4) is 0 Å². The largest absolute Gasteiger partial charge is 0.445 e. The molecule has 4 heteroatoms. The fraction of sp³-hybridized carbons (Fsp3) is 0.800. The molecular formula is C5H10ClNO2. The Bertz CT molecular complexity index is 97.0. The molecule has 0 aromatic rings. The van der Waals surface area contributed by atoms with Crippen molar-refractivity contribution in [1.29, 1.82) is 0 Å². The maximum Gasteiger partial charge on any atom is 0.407 e. The first-order chi connectivity index (χ1) is 4.20. The molecule has 1 atom stereocenters. The topological polar surface area (TPSA) is 38.3 Å². The highest BCUT2D eigenvalue weighted by Gasteiger charge is 2.03. The molecule has 0 spiro atoms. The van der Waals surface area contributed by atoms with E-state index in [9.17, 15) is 4.79 Å². The van der Waals surface area contributed by atoms with Gasteiger partial charge in [-0.05, 0) is 6.92 Å². The number of alkyl halides is 1. The highest BCUT2D eigenvalue weighted by atomic mass is 35.5. The fourth-order valence-electron chi connectivity index (χ4n) is 0.273. The smallest absolute Gasteiger partial charge is 0.407 e. The maximum atomic E-state index is 10.4. The number of halogens is 1. The quantitative estimate of drug-likeness (QED) is 0.598. The Labute approximate surface area is 59.3 Å². The zero-order chi connectivity index (χ0) is 7.28. The average molecular weight is 152 g/mol. The van der Waals surface area contributed by atoms with Gasteiger partial charge in [-0.3, -0.25) is 0 Å². The van der Waals surface area contributed by atoms with E-state index in [0.29, 0.717) is 5.88 Å². The van der Waals surface area contributed by atoms with Crippen LogP contribution in [0.4, 0.5) is 4.79 Å². The van der Waals surface area contributed by atoms with Gasteiger partial charge in [0.25, 0.3) is 0 Å². The number of hydrogen-bond acceptors (Lipinski definition) is 2. The molecule has 0 saturated carbocycles. The van der Waals surface area contributed by atoms with Crippen LogP contribution in [0.5, 0.6) is 0 Å². The summed E-state index contributed by atoms with van der Waals surface area (Å²) in [6.07, 6.45) is -0.658. The first-order valence-corrected chi connectivity index (χ1v) is 3.18. The summed E-state index contributed by atoms with van der Waals surface area (Å²) in [5.74, 6) is 0.327. The summed E-state index contributed by atoms with van der Waals surface area (Å²) in [5, 5.41) is 2.31. The molecular weight excluding hydrogens is 142 g/mol. The number of carbonyl (C=O) groups excluding carboxylic acids is 1. The molecule has 1 unspecified atom stereocenters. The van der Waals surface area contributed by atoms with Crippen LogP contribution in [0.15, 0.2) is 0 Å². The van der Waals surface area contributed by atoms with Gasteiger partial charge in [-0.2, -0.15) is 0 Å². The average Bonchev–Trinajstić information content (AvgIpc) is 1.87. The molecule has 1 N–H and O–H groups in total. The number of hydrogen-bond donors (Lipinski definition) is 1. The molecule has 0 fully saturated rings. The lowest BCUT2D eigenvalue weighted by Gasteiger charge is -2.07. The minimum absolute atomic E-state index is 0.216. The predicted molar refractivity (Wildman–Crippen MR) is 35.7 cm³/mol. The summed E-state index contributed by atoms with van der Waals surface area (Å²) in [6, 6.07) is 0. The number of alkyl carbamates (subject to hydrolysis) is 1. The summed E-state index contributed by atoms with van der Waals surface area (Å²) in [4.78, 5) is 10.4. The second kappa shape index (κ2) is 4.44. The Kier molecular flexibility index (Phi) is 4.22. The third kappa shape index (κ3) is 4.09. The molecule has 3 nitrogen and oxygen atoms in total. The minimum atomic E-state index is -0.442. The highest BCUT2D eigenvalue weighted by molar-refractivity contribution is 6.18. The Hall–Kier alpha value is -0.440. The maximum absolute atomic E-state index is 10.4. The second-order valence-corrected chi connectivity index (χ2v) is 1.93. The molecule has 1 amide bonds. The fourth-order valence-corrected chi connectivity index (χ4v) is 0.336. The molecule has 0 aromatic heterocycles. The third-order valence-electron chi connectivity index (χ3n) is 0.730. The summed E-state index contributed by atoms with van der Waals surface area (Å²) in [6.45, 7) is 1.72. The first-order valence-electron chi connectivity index (χ1n) is 2.65. The summed E-state index contributed by atoms with van der Waals surface area (Å²) in [5.41, 5.74) is 0. The summed E-state index contributed by atoms with van der Waals surface area (Å²) in [7, 11) is 1.50. The van der Waals surface area contributed by atoms with Crippen molar-refractivity contribution in [2.75, 3.05) is 12.9 Å². The van der Waals surface area contributed by atoms with Crippen molar-refractivity contribution in [2.24, 2.45) is 0 Å². The third-order valence-corrected chi connectivity index (χ3v) is 1.16. The summed E-state index contributed by atoms with van der Waals surface area (Å²) >= 11 is 5.35. The van der Waals surface area contributed by atoms with Gasteiger partial charge in [0.15, 0.2) is 0 Å². The normalized spacial score (nSPS) is 12.3. The Morgan fingerprint density at radius 3 is 2.78 bits per heavy atom. The van der Waals surface area contributed by atoms with E-state index < -0.39 is 6.09 Å². The number of amides is 1. The first kappa shape index (κ1) is 8.56. The van der Waals surface area contributed by atoms with Crippen LogP contribution in [-0.4, -0.2) is 25.1 Å². The second-order valence-electron chi connectivity index (χ2n) is 1.62. The van der Waals surface area contributed by atoms with Gasteiger partial charge in [0.1, 0.15) is 6.10 Å². The molecule has 0 bridgehead atoms. The van der Waals surface area contributed by atoms with E-state index in [-0.39, 0.29) is 6.10 Å². The van der Waals surface area contributed by atoms with E-state index >= 15 is 0 Å². The standard InChI is InChI=1S/C5H10ClNO2/c1-4(3-6)9-5(8)7-2/h4H,3H2,1-2H3,(H,7,8). The summed E-state index contributed by atoms with van der Waals surface area (Å²) < 4.78 is 4.67. The molecule has 0 aliphatic heterocycles. The molecule has 9 heavy (non-hydrogen) atoms. The van der Waals surface area contributed by atoms with Crippen molar-refractivity contribution in [3.63, 3.8) is 0 Å².